The Bertz CT molecular complexity index is 1110. The monoisotopic (exact) mass is 382 g/mol. The number of hydrogen-bond acceptors (Lipinski definition) is 6. The highest BCUT2D eigenvalue weighted by Gasteiger charge is 2.18. The summed E-state index contributed by atoms with van der Waals surface area (Å²) in [5, 5.41) is 12.0. The summed E-state index contributed by atoms with van der Waals surface area (Å²) in [7, 11) is 0. The van der Waals surface area contributed by atoms with Crippen LogP contribution in [-0.2, 0) is 4.74 Å². The molecule has 3 aromatic heterocycles. The first-order valence-electron chi connectivity index (χ1n) is 8.36. The molecule has 2 N–H and O–H groups in total. The van der Waals surface area contributed by atoms with E-state index in [0.717, 1.165) is 0 Å². The second-order valence-electron chi connectivity index (χ2n) is 6.95. The van der Waals surface area contributed by atoms with Crippen molar-refractivity contribution in [2.24, 2.45) is 0 Å². The van der Waals surface area contributed by atoms with Crippen LogP contribution in [0.25, 0.3) is 16.7 Å². The standard InChI is InChI=1S/C19H18N4O5/c1-19(2,3)28-18(27)22-14-7-6-11(9-21-14)23-10-13(17(25)26)15(24)12-5-4-8-20-16(12)23/h4-10H,1-3H3,(H,25,26)(H,21,22,27). The first-order chi connectivity index (χ1) is 13.2. The van der Waals surface area contributed by atoms with Crippen LogP contribution in [0.5, 0.6) is 0 Å². The zero-order valence-corrected chi connectivity index (χ0v) is 15.5. The van der Waals surface area contributed by atoms with E-state index in [1.165, 1.54) is 35.3 Å². The van der Waals surface area contributed by atoms with Crippen molar-refractivity contribution in [3.05, 3.63) is 58.6 Å². The van der Waals surface area contributed by atoms with Crippen molar-refractivity contribution >= 4 is 28.9 Å². The summed E-state index contributed by atoms with van der Waals surface area (Å²) in [6, 6.07) is 6.22. The van der Waals surface area contributed by atoms with Crippen LogP contribution >= 0.6 is 0 Å². The maximum absolute atomic E-state index is 12.3. The third-order valence-electron chi connectivity index (χ3n) is 3.65. The summed E-state index contributed by atoms with van der Waals surface area (Å²) in [5.74, 6) is -1.07. The number of pyridine rings is 3. The highest BCUT2D eigenvalue weighted by Crippen LogP contribution is 2.17. The Morgan fingerprint density at radius 1 is 1.18 bits per heavy atom. The Hall–Kier alpha value is -3.75. The number of aromatic nitrogens is 3. The lowest BCUT2D eigenvalue weighted by Crippen LogP contribution is -2.27. The Labute approximate surface area is 159 Å². The molecule has 28 heavy (non-hydrogen) atoms. The fourth-order valence-electron chi connectivity index (χ4n) is 2.52. The number of carbonyl (C=O) groups is 2. The summed E-state index contributed by atoms with van der Waals surface area (Å²) in [6.45, 7) is 5.24. The van der Waals surface area contributed by atoms with Crippen LogP contribution in [0.15, 0.2) is 47.7 Å². The quantitative estimate of drug-likeness (QED) is 0.714. The lowest BCUT2D eigenvalue weighted by Gasteiger charge is -2.19. The first kappa shape index (κ1) is 19.0. The van der Waals surface area contributed by atoms with E-state index in [4.69, 9.17) is 4.74 Å². The molecule has 1 amide bonds. The van der Waals surface area contributed by atoms with Gasteiger partial charge < -0.3 is 9.84 Å². The predicted octanol–water partition coefficient (Wildman–Crippen LogP) is 2.83. The number of hydrogen-bond donors (Lipinski definition) is 2. The molecule has 3 heterocycles. The number of carboxylic acids is 1. The second kappa shape index (κ2) is 7.10. The fourth-order valence-corrected chi connectivity index (χ4v) is 2.52. The van der Waals surface area contributed by atoms with Gasteiger partial charge in [0.25, 0.3) is 0 Å². The average molecular weight is 382 g/mol. The maximum atomic E-state index is 12.3. The van der Waals surface area contributed by atoms with Crippen molar-refractivity contribution in [1.82, 2.24) is 14.5 Å². The van der Waals surface area contributed by atoms with E-state index in [1.807, 2.05) is 0 Å². The smallest absolute Gasteiger partial charge is 0.413 e. The number of ether oxygens (including phenoxy) is 1. The van der Waals surface area contributed by atoms with E-state index >= 15 is 0 Å². The van der Waals surface area contributed by atoms with Crippen molar-refractivity contribution in [3.8, 4) is 5.69 Å². The van der Waals surface area contributed by atoms with Gasteiger partial charge in [-0.15, -0.1) is 0 Å². The molecule has 144 valence electrons. The van der Waals surface area contributed by atoms with E-state index in [0.29, 0.717) is 11.3 Å². The van der Waals surface area contributed by atoms with Crippen LogP contribution in [-0.4, -0.2) is 37.3 Å². The molecule has 0 atom stereocenters. The van der Waals surface area contributed by atoms with Gasteiger partial charge in [-0.2, -0.15) is 0 Å². The normalized spacial score (nSPS) is 11.2. The number of nitrogens with one attached hydrogen (secondary N) is 1. The van der Waals surface area contributed by atoms with Crippen molar-refractivity contribution < 1.29 is 19.4 Å². The summed E-state index contributed by atoms with van der Waals surface area (Å²) in [4.78, 5) is 43.9. The Balaban J connectivity index is 1.99. The molecule has 3 aromatic rings. The molecule has 0 fully saturated rings. The number of carbonyl (C=O) groups excluding carboxylic acids is 1. The van der Waals surface area contributed by atoms with Gasteiger partial charge in [-0.05, 0) is 45.0 Å². The molecule has 0 unspecified atom stereocenters. The Morgan fingerprint density at radius 3 is 2.54 bits per heavy atom. The number of rotatable bonds is 3. The molecule has 9 heteroatoms. The van der Waals surface area contributed by atoms with E-state index in [1.54, 1.807) is 32.9 Å². The SMILES string of the molecule is CC(C)(C)OC(=O)Nc1ccc(-n2cc(C(=O)O)c(=O)c3cccnc32)cn1. The first-order valence-corrected chi connectivity index (χ1v) is 8.36. The molecular formula is C19H18N4O5. The van der Waals surface area contributed by atoms with E-state index in [-0.39, 0.29) is 16.8 Å². The van der Waals surface area contributed by atoms with Crippen molar-refractivity contribution in [2.75, 3.05) is 5.32 Å². The molecule has 0 spiro atoms. The Kier molecular flexibility index (Phi) is 4.83. The van der Waals surface area contributed by atoms with Gasteiger partial charge in [0.05, 0.1) is 17.3 Å². The molecule has 0 aliphatic carbocycles. The number of carboxylic acid groups (broad SMARTS) is 1. The minimum absolute atomic E-state index is 0.179. The second-order valence-corrected chi connectivity index (χ2v) is 6.95. The predicted molar refractivity (Wildman–Crippen MR) is 102 cm³/mol. The molecule has 0 aliphatic heterocycles. The molecule has 0 bridgehead atoms. The summed E-state index contributed by atoms with van der Waals surface area (Å²) in [6.07, 6.45) is 3.50. The lowest BCUT2D eigenvalue weighted by atomic mass is 10.2. The summed E-state index contributed by atoms with van der Waals surface area (Å²) >= 11 is 0. The lowest BCUT2D eigenvalue weighted by molar-refractivity contribution is 0.0633. The minimum atomic E-state index is -1.33. The van der Waals surface area contributed by atoms with Crippen LogP contribution in [0.4, 0.5) is 10.6 Å². The van der Waals surface area contributed by atoms with Gasteiger partial charge >= 0.3 is 12.1 Å². The van der Waals surface area contributed by atoms with Crippen LogP contribution in [0.2, 0.25) is 0 Å². The fraction of sp³-hybridized carbons (Fsp3) is 0.211. The molecule has 3 rings (SSSR count). The third kappa shape index (κ3) is 3.98. The van der Waals surface area contributed by atoms with Gasteiger partial charge in [0, 0.05) is 12.4 Å². The molecule has 0 saturated carbocycles. The number of amides is 1. The highest BCUT2D eigenvalue weighted by atomic mass is 16.6. The molecule has 0 aliphatic rings. The van der Waals surface area contributed by atoms with Gasteiger partial charge in [0.15, 0.2) is 0 Å². The minimum Gasteiger partial charge on any atom is -0.477 e. The number of fused-ring (bicyclic) bond motifs is 1. The Morgan fingerprint density at radius 2 is 1.93 bits per heavy atom. The maximum Gasteiger partial charge on any atom is 0.413 e. The van der Waals surface area contributed by atoms with E-state index < -0.39 is 23.1 Å². The van der Waals surface area contributed by atoms with Crippen molar-refractivity contribution in [1.29, 1.82) is 0 Å². The summed E-state index contributed by atoms with van der Waals surface area (Å²) in [5.41, 5.74) is -0.856. The molecule has 0 aromatic carbocycles. The van der Waals surface area contributed by atoms with Gasteiger partial charge in [-0.25, -0.2) is 19.6 Å². The van der Waals surface area contributed by atoms with Crippen LogP contribution in [0, 0.1) is 0 Å². The number of anilines is 1. The highest BCUT2D eigenvalue weighted by molar-refractivity contribution is 5.92. The average Bonchev–Trinajstić information content (AvgIpc) is 2.61. The molecule has 0 saturated heterocycles. The molecular weight excluding hydrogens is 364 g/mol. The van der Waals surface area contributed by atoms with Gasteiger partial charge in [0.2, 0.25) is 5.43 Å². The van der Waals surface area contributed by atoms with Crippen LogP contribution < -0.4 is 10.7 Å². The topological polar surface area (TPSA) is 123 Å². The van der Waals surface area contributed by atoms with Gasteiger partial charge in [-0.1, -0.05) is 0 Å². The van der Waals surface area contributed by atoms with Crippen LogP contribution in [0.1, 0.15) is 31.1 Å². The van der Waals surface area contributed by atoms with Crippen molar-refractivity contribution in [3.63, 3.8) is 0 Å². The van der Waals surface area contributed by atoms with Crippen LogP contribution in [0.3, 0.4) is 0 Å². The zero-order chi connectivity index (χ0) is 20.5. The molecule has 9 nitrogen and oxygen atoms in total. The van der Waals surface area contributed by atoms with Crippen molar-refractivity contribution in [2.45, 2.75) is 26.4 Å². The van der Waals surface area contributed by atoms with E-state index in [2.05, 4.69) is 15.3 Å². The van der Waals surface area contributed by atoms with Gasteiger partial charge in [-0.3, -0.25) is 14.7 Å². The number of nitrogens with zero attached hydrogens (tertiary/aromatic N) is 3. The number of aromatic carboxylic acids is 1. The summed E-state index contributed by atoms with van der Waals surface area (Å²) < 4.78 is 6.63. The third-order valence-corrected chi connectivity index (χ3v) is 3.65. The largest absolute Gasteiger partial charge is 0.477 e. The zero-order valence-electron chi connectivity index (χ0n) is 15.5. The molecule has 0 radical (unpaired) electrons. The van der Waals surface area contributed by atoms with Gasteiger partial charge in [0.1, 0.15) is 22.6 Å². The van der Waals surface area contributed by atoms with E-state index in [9.17, 15) is 19.5 Å².